The Morgan fingerprint density at radius 2 is 2.10 bits per heavy atom. The van der Waals surface area contributed by atoms with Crippen LogP contribution in [0.2, 0.25) is 0 Å². The third-order valence-corrected chi connectivity index (χ3v) is 7.69. The number of aromatic amines is 1. The minimum absolute atomic E-state index is 0.0332. The zero-order valence-corrected chi connectivity index (χ0v) is 19.1. The van der Waals surface area contributed by atoms with Gasteiger partial charge >= 0.3 is 5.97 Å². The molecule has 4 N–H and O–H groups in total. The number of H-pyrrole nitrogens is 1. The predicted molar refractivity (Wildman–Crippen MR) is 116 cm³/mol. The van der Waals surface area contributed by atoms with Crippen molar-refractivity contribution in [3.05, 3.63) is 11.3 Å². The van der Waals surface area contributed by atoms with E-state index < -0.39 is 17.9 Å². The van der Waals surface area contributed by atoms with E-state index in [1.165, 1.54) is 28.4 Å². The quantitative estimate of drug-likeness (QED) is 0.310. The second-order valence-corrected chi connectivity index (χ2v) is 9.64. The summed E-state index contributed by atoms with van der Waals surface area (Å²) in [7, 11) is 0. The molecule has 11 nitrogen and oxygen atoms in total. The molecule has 3 heterocycles. The molecule has 2 unspecified atom stereocenters. The molecule has 1 aromatic rings. The van der Waals surface area contributed by atoms with Crippen LogP contribution >= 0.6 is 23.5 Å². The van der Waals surface area contributed by atoms with E-state index in [9.17, 15) is 19.5 Å². The molecule has 0 radical (unpaired) electrons. The van der Waals surface area contributed by atoms with E-state index >= 15 is 0 Å². The average molecular weight is 470 g/mol. The van der Waals surface area contributed by atoms with E-state index in [1.807, 2.05) is 18.7 Å². The molecule has 1 fully saturated rings. The van der Waals surface area contributed by atoms with Crippen LogP contribution in [0.4, 0.5) is 0 Å². The maximum Gasteiger partial charge on any atom is 0.352 e. The number of carboxylic acids is 1. The van der Waals surface area contributed by atoms with E-state index in [1.54, 1.807) is 0 Å². The lowest BCUT2D eigenvalue weighted by Crippen LogP contribution is -2.68. The highest BCUT2D eigenvalue weighted by molar-refractivity contribution is 8.01. The van der Waals surface area contributed by atoms with Crippen LogP contribution < -0.4 is 5.73 Å². The van der Waals surface area contributed by atoms with Crippen molar-refractivity contribution in [1.82, 2.24) is 30.4 Å². The largest absolute Gasteiger partial charge is 0.477 e. The van der Waals surface area contributed by atoms with Crippen molar-refractivity contribution in [1.29, 1.82) is 0 Å². The van der Waals surface area contributed by atoms with Crippen LogP contribution in [0.3, 0.4) is 0 Å². The van der Waals surface area contributed by atoms with Gasteiger partial charge in [0.1, 0.15) is 17.1 Å². The fourth-order valence-corrected chi connectivity index (χ4v) is 6.23. The second-order valence-electron chi connectivity index (χ2n) is 7.35. The Morgan fingerprint density at radius 1 is 1.39 bits per heavy atom. The molecule has 3 atom stereocenters. The van der Waals surface area contributed by atoms with Crippen molar-refractivity contribution in [2.75, 3.05) is 18.8 Å². The molecule has 2 amide bonds. The van der Waals surface area contributed by atoms with Gasteiger partial charge in [0.25, 0.3) is 0 Å². The Hall–Kier alpha value is -2.12. The molecule has 0 bridgehead atoms. The fraction of sp³-hybridized carbons (Fsp3) is 0.667. The van der Waals surface area contributed by atoms with E-state index in [0.29, 0.717) is 36.0 Å². The predicted octanol–water partition coefficient (Wildman–Crippen LogP) is 0.670. The number of hydrogen-bond donors (Lipinski definition) is 3. The highest BCUT2D eigenvalue weighted by Crippen LogP contribution is 2.43. The van der Waals surface area contributed by atoms with Crippen LogP contribution in [0.15, 0.2) is 16.4 Å². The Labute approximate surface area is 188 Å². The smallest absolute Gasteiger partial charge is 0.352 e. The number of aromatic nitrogens is 4. The zero-order chi connectivity index (χ0) is 22.5. The van der Waals surface area contributed by atoms with Crippen LogP contribution in [0, 0.1) is 0 Å². The topological polar surface area (TPSA) is 158 Å². The van der Waals surface area contributed by atoms with Gasteiger partial charge in [-0.2, -0.15) is 0 Å². The Morgan fingerprint density at radius 3 is 2.68 bits per heavy atom. The lowest BCUT2D eigenvalue weighted by atomic mass is 10.00. The molecule has 13 heteroatoms. The monoisotopic (exact) mass is 469 g/mol. The zero-order valence-electron chi connectivity index (χ0n) is 17.5. The van der Waals surface area contributed by atoms with Gasteiger partial charge in [0.15, 0.2) is 0 Å². The maximum absolute atomic E-state index is 12.8. The first-order chi connectivity index (χ1) is 14.9. The fourth-order valence-electron chi connectivity index (χ4n) is 3.74. The van der Waals surface area contributed by atoms with Gasteiger partial charge in [-0.25, -0.2) is 9.89 Å². The SMILES string of the molecule is CCCN(CCC)C(=O)CCC(Sc1nnn[nH]1)C1=C(C(=O)O)N2C(=O)C(N)[C@@H]2SC1. The molecule has 2 aliphatic heterocycles. The summed E-state index contributed by atoms with van der Waals surface area (Å²) in [4.78, 5) is 40.3. The second kappa shape index (κ2) is 10.5. The molecule has 1 aromatic heterocycles. The number of nitrogens with zero attached hydrogens (tertiary/aromatic N) is 5. The number of tetrazole rings is 1. The number of carboxylic acid groups (broad SMARTS) is 1. The van der Waals surface area contributed by atoms with Gasteiger partial charge in [-0.1, -0.05) is 25.6 Å². The lowest BCUT2D eigenvalue weighted by Gasteiger charge is -2.48. The van der Waals surface area contributed by atoms with Crippen LogP contribution in [-0.2, 0) is 14.4 Å². The summed E-state index contributed by atoms with van der Waals surface area (Å²) >= 11 is 2.71. The first-order valence-corrected chi connectivity index (χ1v) is 12.2. The number of amides is 2. The van der Waals surface area contributed by atoms with E-state index in [0.717, 1.165) is 12.8 Å². The van der Waals surface area contributed by atoms with Crippen molar-refractivity contribution in [2.45, 2.75) is 61.4 Å². The molecular weight excluding hydrogens is 442 g/mol. The molecule has 170 valence electrons. The van der Waals surface area contributed by atoms with Crippen LogP contribution in [0.5, 0.6) is 0 Å². The number of nitrogens with two attached hydrogens (primary N) is 1. The summed E-state index contributed by atoms with van der Waals surface area (Å²) in [5, 5.41) is 23.3. The minimum Gasteiger partial charge on any atom is -0.477 e. The number of rotatable bonds is 11. The van der Waals surface area contributed by atoms with Gasteiger partial charge < -0.3 is 15.7 Å². The average Bonchev–Trinajstić information content (AvgIpc) is 3.27. The van der Waals surface area contributed by atoms with Gasteiger partial charge in [-0.3, -0.25) is 14.5 Å². The van der Waals surface area contributed by atoms with E-state index in [2.05, 4.69) is 20.6 Å². The third-order valence-electron chi connectivity index (χ3n) is 5.17. The molecule has 0 aliphatic carbocycles. The van der Waals surface area contributed by atoms with Gasteiger partial charge in [0.05, 0.1) is 0 Å². The van der Waals surface area contributed by atoms with Gasteiger partial charge in [0.2, 0.25) is 17.0 Å². The summed E-state index contributed by atoms with van der Waals surface area (Å²) in [5.74, 6) is -1.13. The van der Waals surface area contributed by atoms with Crippen molar-refractivity contribution < 1.29 is 19.5 Å². The Bertz CT molecular complexity index is 842. The molecule has 1 saturated heterocycles. The lowest BCUT2D eigenvalue weighted by molar-refractivity contribution is -0.148. The number of aliphatic carboxylic acids is 1. The molecule has 2 aliphatic rings. The molecule has 0 spiro atoms. The third kappa shape index (κ3) is 5.04. The van der Waals surface area contributed by atoms with Crippen molar-refractivity contribution in [2.24, 2.45) is 5.73 Å². The van der Waals surface area contributed by atoms with E-state index in [4.69, 9.17) is 5.73 Å². The van der Waals surface area contributed by atoms with Gasteiger partial charge in [0, 0.05) is 30.5 Å². The minimum atomic E-state index is -1.17. The number of carbonyl (C=O) groups is 3. The highest BCUT2D eigenvalue weighted by Gasteiger charge is 2.52. The van der Waals surface area contributed by atoms with E-state index in [-0.39, 0.29) is 28.6 Å². The summed E-state index contributed by atoms with van der Waals surface area (Å²) in [6.45, 7) is 5.44. The molecular formula is C18H27N7O4S2. The first kappa shape index (κ1) is 23.5. The maximum atomic E-state index is 12.8. The summed E-state index contributed by atoms with van der Waals surface area (Å²) in [5.41, 5.74) is 6.39. The number of thioether (sulfide) groups is 2. The molecule has 3 rings (SSSR count). The van der Waals surface area contributed by atoms with Crippen LogP contribution in [0.1, 0.15) is 39.5 Å². The molecule has 0 saturated carbocycles. The van der Waals surface area contributed by atoms with Crippen molar-refractivity contribution in [3.63, 3.8) is 0 Å². The summed E-state index contributed by atoms with van der Waals surface area (Å²) in [6, 6.07) is -0.691. The van der Waals surface area contributed by atoms with Crippen LogP contribution in [0.25, 0.3) is 0 Å². The number of fused-ring (bicyclic) bond motifs is 1. The van der Waals surface area contributed by atoms with Gasteiger partial charge in [-0.15, -0.1) is 16.9 Å². The number of nitrogens with one attached hydrogen (secondary N) is 1. The molecule has 31 heavy (non-hydrogen) atoms. The number of β-lactam (4-membered cyclic amide) rings is 1. The highest BCUT2D eigenvalue weighted by atomic mass is 32.2. The normalized spacial score (nSPS) is 21.5. The molecule has 0 aromatic carbocycles. The summed E-state index contributed by atoms with van der Waals surface area (Å²) < 4.78 is 0. The van der Waals surface area contributed by atoms with Crippen molar-refractivity contribution >= 4 is 41.3 Å². The van der Waals surface area contributed by atoms with Crippen LogP contribution in [-0.4, -0.2) is 88.8 Å². The Balaban J connectivity index is 1.85. The summed E-state index contributed by atoms with van der Waals surface area (Å²) in [6.07, 6.45) is 2.41. The van der Waals surface area contributed by atoms with Gasteiger partial charge in [-0.05, 0) is 35.3 Å². The standard InChI is InChI=1S/C18H27N7O4S2/c1-3-7-24(8-4-2)12(26)6-5-11(31-18-20-22-23-21-18)10-9-30-16-13(19)15(27)25(16)14(10)17(28)29/h11,13,16H,3-9,19H2,1-2H3,(H,28,29)(H,20,21,22,23)/t11?,13?,16-/m0/s1. The first-order valence-electron chi connectivity index (χ1n) is 10.2. The number of carbonyl (C=O) groups excluding carboxylic acids is 2. The Kier molecular flexibility index (Phi) is 7.94. The van der Waals surface area contributed by atoms with Crippen molar-refractivity contribution in [3.8, 4) is 0 Å². The number of hydrogen-bond acceptors (Lipinski definition) is 9.